The molecule has 1 atom stereocenters. The second-order valence-electron chi connectivity index (χ2n) is 6.08. The highest BCUT2D eigenvalue weighted by atomic mass is 16.5. The lowest BCUT2D eigenvalue weighted by Gasteiger charge is -2.17. The molecule has 0 spiro atoms. The molecule has 1 aliphatic heterocycles. The average Bonchev–Trinajstić information content (AvgIpc) is 3.04. The molecular weight excluding hydrogens is 334 g/mol. The Kier molecular flexibility index (Phi) is 5.02. The van der Waals surface area contributed by atoms with E-state index in [0.29, 0.717) is 17.0 Å². The molecule has 26 heavy (non-hydrogen) atoms. The number of ketones is 1. The quantitative estimate of drug-likeness (QED) is 0.469. The largest absolute Gasteiger partial charge is 0.497 e. The molecule has 0 unspecified atom stereocenters. The fraction of sp³-hybridized carbons (Fsp3) is 0.250. The van der Waals surface area contributed by atoms with Crippen LogP contribution in [-0.4, -0.2) is 31.3 Å². The van der Waals surface area contributed by atoms with E-state index in [1.807, 2.05) is 0 Å². The molecule has 0 aliphatic carbocycles. The van der Waals surface area contributed by atoms with Crippen molar-refractivity contribution in [2.75, 3.05) is 18.6 Å². The van der Waals surface area contributed by atoms with Gasteiger partial charge in [-0.3, -0.25) is 14.4 Å². The Morgan fingerprint density at radius 2 is 1.77 bits per heavy atom. The summed E-state index contributed by atoms with van der Waals surface area (Å²) in [5.74, 6) is -0.502. The standard InChI is InChI=1S/C20H19NO5/c1-13(22)17-5-3-4-6-18(17)26-20(24)14-11-19(23)21(12-14)15-7-9-16(25-2)10-8-15/h3-10,14H,11-12H2,1-2H3/t14-/m0/s1. The molecule has 2 aromatic carbocycles. The molecule has 1 fully saturated rings. The van der Waals surface area contributed by atoms with Crippen molar-refractivity contribution in [3.05, 3.63) is 54.1 Å². The van der Waals surface area contributed by atoms with E-state index in [0.717, 1.165) is 0 Å². The van der Waals surface area contributed by atoms with Crippen molar-refractivity contribution in [1.82, 2.24) is 0 Å². The van der Waals surface area contributed by atoms with E-state index in [4.69, 9.17) is 9.47 Å². The van der Waals surface area contributed by atoms with Crippen LogP contribution in [0.15, 0.2) is 48.5 Å². The van der Waals surface area contributed by atoms with Crippen LogP contribution in [0.5, 0.6) is 11.5 Å². The number of rotatable bonds is 5. The molecule has 0 radical (unpaired) electrons. The number of amides is 1. The Morgan fingerprint density at radius 1 is 1.08 bits per heavy atom. The van der Waals surface area contributed by atoms with E-state index in [9.17, 15) is 14.4 Å². The maximum absolute atomic E-state index is 12.5. The number of ether oxygens (including phenoxy) is 2. The van der Waals surface area contributed by atoms with Gasteiger partial charge in [0.1, 0.15) is 11.5 Å². The van der Waals surface area contributed by atoms with E-state index in [2.05, 4.69) is 0 Å². The Morgan fingerprint density at radius 3 is 2.42 bits per heavy atom. The number of hydrogen-bond donors (Lipinski definition) is 0. The van der Waals surface area contributed by atoms with Gasteiger partial charge in [0.25, 0.3) is 0 Å². The molecule has 6 nitrogen and oxygen atoms in total. The minimum absolute atomic E-state index is 0.0765. The van der Waals surface area contributed by atoms with E-state index in [1.54, 1.807) is 60.5 Å². The molecular formula is C20H19NO5. The van der Waals surface area contributed by atoms with Gasteiger partial charge < -0.3 is 14.4 Å². The first-order valence-corrected chi connectivity index (χ1v) is 8.25. The average molecular weight is 353 g/mol. The van der Waals surface area contributed by atoms with E-state index in [1.165, 1.54) is 6.92 Å². The zero-order valence-corrected chi connectivity index (χ0v) is 14.6. The molecule has 0 bridgehead atoms. The van der Waals surface area contributed by atoms with Crippen LogP contribution in [0.3, 0.4) is 0 Å². The highest BCUT2D eigenvalue weighted by Gasteiger charge is 2.36. The first-order valence-electron chi connectivity index (χ1n) is 8.25. The van der Waals surface area contributed by atoms with Crippen molar-refractivity contribution in [3.8, 4) is 11.5 Å². The number of anilines is 1. The number of carbonyl (C=O) groups is 3. The predicted molar refractivity (Wildman–Crippen MR) is 95.5 cm³/mol. The molecule has 6 heteroatoms. The van der Waals surface area contributed by atoms with Gasteiger partial charge in [0.15, 0.2) is 5.78 Å². The maximum atomic E-state index is 12.5. The van der Waals surface area contributed by atoms with Crippen molar-refractivity contribution in [2.45, 2.75) is 13.3 Å². The first-order chi connectivity index (χ1) is 12.5. The molecule has 1 aliphatic rings. The normalized spacial score (nSPS) is 16.5. The topological polar surface area (TPSA) is 72.9 Å². The van der Waals surface area contributed by atoms with Crippen LogP contribution in [0, 0.1) is 5.92 Å². The molecule has 0 N–H and O–H groups in total. The van der Waals surface area contributed by atoms with Crippen molar-refractivity contribution in [2.24, 2.45) is 5.92 Å². The van der Waals surface area contributed by atoms with E-state index >= 15 is 0 Å². The van der Waals surface area contributed by atoms with Gasteiger partial charge in [-0.2, -0.15) is 0 Å². The van der Waals surface area contributed by atoms with Crippen LogP contribution in [-0.2, 0) is 9.59 Å². The molecule has 1 heterocycles. The number of methoxy groups -OCH3 is 1. The molecule has 0 aromatic heterocycles. The van der Waals surface area contributed by atoms with Gasteiger partial charge in [0.05, 0.1) is 18.6 Å². The highest BCUT2D eigenvalue weighted by Crippen LogP contribution is 2.28. The summed E-state index contributed by atoms with van der Waals surface area (Å²) in [6.07, 6.45) is 0.0765. The number of esters is 1. The van der Waals surface area contributed by atoms with Crippen LogP contribution in [0.4, 0.5) is 5.69 Å². The smallest absolute Gasteiger partial charge is 0.316 e. The Balaban J connectivity index is 1.72. The van der Waals surface area contributed by atoms with Gasteiger partial charge in [-0.05, 0) is 43.3 Å². The number of benzene rings is 2. The third-order valence-corrected chi connectivity index (χ3v) is 4.32. The van der Waals surface area contributed by atoms with Crippen molar-refractivity contribution in [3.63, 3.8) is 0 Å². The van der Waals surface area contributed by atoms with Crippen molar-refractivity contribution >= 4 is 23.3 Å². The lowest BCUT2D eigenvalue weighted by atomic mass is 10.1. The van der Waals surface area contributed by atoms with Crippen LogP contribution in [0.2, 0.25) is 0 Å². The minimum atomic E-state index is -0.579. The zero-order chi connectivity index (χ0) is 18.7. The van der Waals surface area contributed by atoms with Crippen LogP contribution >= 0.6 is 0 Å². The summed E-state index contributed by atoms with van der Waals surface area (Å²) < 4.78 is 10.5. The summed E-state index contributed by atoms with van der Waals surface area (Å²) in [7, 11) is 1.57. The fourth-order valence-electron chi connectivity index (χ4n) is 2.92. The lowest BCUT2D eigenvalue weighted by molar-refractivity contribution is -0.139. The summed E-state index contributed by atoms with van der Waals surface area (Å²) in [4.78, 5) is 38.0. The predicted octanol–water partition coefficient (Wildman–Crippen LogP) is 2.86. The number of Topliss-reactive ketones (excluding diaryl/α,β-unsaturated/α-hetero) is 1. The summed E-state index contributed by atoms with van der Waals surface area (Å²) in [5, 5.41) is 0. The molecule has 134 valence electrons. The van der Waals surface area contributed by atoms with Gasteiger partial charge in [0.2, 0.25) is 5.91 Å². The molecule has 0 saturated carbocycles. The third kappa shape index (κ3) is 3.59. The van der Waals surface area contributed by atoms with Crippen molar-refractivity contribution < 1.29 is 23.9 Å². The van der Waals surface area contributed by atoms with Gasteiger partial charge in [-0.1, -0.05) is 12.1 Å². The number of para-hydroxylation sites is 1. The monoisotopic (exact) mass is 353 g/mol. The van der Waals surface area contributed by atoms with Gasteiger partial charge in [-0.25, -0.2) is 0 Å². The first kappa shape index (κ1) is 17.7. The maximum Gasteiger partial charge on any atom is 0.316 e. The third-order valence-electron chi connectivity index (χ3n) is 4.32. The molecule has 1 saturated heterocycles. The zero-order valence-electron chi connectivity index (χ0n) is 14.6. The Labute approximate surface area is 151 Å². The number of nitrogens with zero attached hydrogens (tertiary/aromatic N) is 1. The van der Waals surface area contributed by atoms with Crippen LogP contribution < -0.4 is 14.4 Å². The number of hydrogen-bond acceptors (Lipinski definition) is 5. The second-order valence-corrected chi connectivity index (χ2v) is 6.08. The van der Waals surface area contributed by atoms with Gasteiger partial charge >= 0.3 is 5.97 Å². The molecule has 1 amide bonds. The van der Waals surface area contributed by atoms with E-state index in [-0.39, 0.29) is 30.4 Å². The summed E-state index contributed by atoms with van der Waals surface area (Å²) in [5.41, 5.74) is 1.05. The number of carbonyl (C=O) groups excluding carboxylic acids is 3. The summed E-state index contributed by atoms with van der Waals surface area (Å²) in [6, 6.07) is 13.7. The Bertz CT molecular complexity index is 844. The summed E-state index contributed by atoms with van der Waals surface area (Å²) in [6.45, 7) is 1.66. The second kappa shape index (κ2) is 7.39. The highest BCUT2D eigenvalue weighted by molar-refractivity contribution is 6.01. The van der Waals surface area contributed by atoms with Crippen molar-refractivity contribution in [1.29, 1.82) is 0 Å². The lowest BCUT2D eigenvalue weighted by Crippen LogP contribution is -2.27. The SMILES string of the molecule is COc1ccc(N2C[C@@H](C(=O)Oc3ccccc3C(C)=O)CC2=O)cc1. The molecule has 2 aromatic rings. The van der Waals surface area contributed by atoms with Gasteiger partial charge in [0, 0.05) is 18.7 Å². The summed E-state index contributed by atoms with van der Waals surface area (Å²) >= 11 is 0. The van der Waals surface area contributed by atoms with Crippen LogP contribution in [0.1, 0.15) is 23.7 Å². The van der Waals surface area contributed by atoms with Gasteiger partial charge in [-0.15, -0.1) is 0 Å². The van der Waals surface area contributed by atoms with Crippen LogP contribution in [0.25, 0.3) is 0 Å². The molecule has 3 rings (SSSR count). The Hall–Kier alpha value is -3.15. The fourth-order valence-corrected chi connectivity index (χ4v) is 2.92. The minimum Gasteiger partial charge on any atom is -0.497 e. The van der Waals surface area contributed by atoms with E-state index < -0.39 is 11.9 Å².